The molecule has 6 nitrogen and oxygen atoms in total. The van der Waals surface area contributed by atoms with Gasteiger partial charge in [-0.3, -0.25) is 0 Å². The molecule has 0 radical (unpaired) electrons. The molecular formula is C52H28N6Si. The Morgan fingerprint density at radius 1 is 0.424 bits per heavy atom. The van der Waals surface area contributed by atoms with Crippen LogP contribution in [0.3, 0.4) is 0 Å². The Hall–Kier alpha value is -8.46. The normalized spacial score (nSPS) is 12.5. The van der Waals surface area contributed by atoms with Crippen molar-refractivity contribution in [3.8, 4) is 34.6 Å². The highest BCUT2D eigenvalue weighted by atomic mass is 28.3. The van der Waals surface area contributed by atoms with Crippen molar-refractivity contribution >= 4 is 83.8 Å². The first-order chi connectivity index (χ1) is 29.0. The molecule has 59 heavy (non-hydrogen) atoms. The molecular weight excluding hydrogens is 737 g/mol. The van der Waals surface area contributed by atoms with E-state index < -0.39 is 8.07 Å². The zero-order valence-electron chi connectivity index (χ0n) is 31.3. The maximum atomic E-state index is 9.85. The standard InChI is InChI=1S/C52H28N6Si/c1-55-35-19-23-49-45(27-35)46-28-36(56-2)20-24-50(46)58(49)38-10-8-12-40(30-38)59(51-15-5-3-13-41(51)42-14-4-6-16-52(42)59)39-11-7-9-37(29-39)57-47-21-17-33(31-53)25-43(47)44-26-34(32-54)18-22-48(44)57/h3-30H. The number of nitrogens with zero attached hydrogens (tertiary/aromatic N) is 6. The van der Waals surface area contributed by atoms with E-state index in [1.165, 1.54) is 31.9 Å². The Morgan fingerprint density at radius 3 is 1.25 bits per heavy atom. The second-order valence-corrected chi connectivity index (χ2v) is 18.7. The molecule has 0 saturated carbocycles. The fourth-order valence-corrected chi connectivity index (χ4v) is 14.9. The highest BCUT2D eigenvalue weighted by molar-refractivity contribution is 7.22. The summed E-state index contributed by atoms with van der Waals surface area (Å²) in [5.74, 6) is 0. The average molecular weight is 765 g/mol. The number of nitriles is 2. The first kappa shape index (κ1) is 33.8. The van der Waals surface area contributed by atoms with Crippen molar-refractivity contribution in [1.29, 1.82) is 10.5 Å². The topological polar surface area (TPSA) is 66.2 Å². The molecule has 1 aliphatic heterocycles. The number of benzene rings is 8. The van der Waals surface area contributed by atoms with Crippen molar-refractivity contribution in [2.75, 3.05) is 0 Å². The molecule has 0 saturated heterocycles. The van der Waals surface area contributed by atoms with Crippen LogP contribution < -0.4 is 20.7 Å². The summed E-state index contributed by atoms with van der Waals surface area (Å²) in [7, 11) is -3.03. The first-order valence-corrected chi connectivity index (χ1v) is 21.2. The quantitative estimate of drug-likeness (QED) is 0.132. The van der Waals surface area contributed by atoms with E-state index in [1.54, 1.807) is 0 Å². The highest BCUT2D eigenvalue weighted by Crippen LogP contribution is 2.38. The van der Waals surface area contributed by atoms with Crippen LogP contribution in [-0.2, 0) is 0 Å². The second-order valence-electron chi connectivity index (χ2n) is 14.9. The first-order valence-electron chi connectivity index (χ1n) is 19.2. The van der Waals surface area contributed by atoms with E-state index >= 15 is 0 Å². The number of fused-ring (bicyclic) bond motifs is 9. The predicted octanol–water partition coefficient (Wildman–Crippen LogP) is 10.1. The summed E-state index contributed by atoms with van der Waals surface area (Å²) in [4.78, 5) is 7.47. The van der Waals surface area contributed by atoms with Gasteiger partial charge in [0.25, 0.3) is 0 Å². The lowest BCUT2D eigenvalue weighted by Crippen LogP contribution is -2.72. The van der Waals surface area contributed by atoms with Gasteiger partial charge >= 0.3 is 0 Å². The Morgan fingerprint density at radius 2 is 0.831 bits per heavy atom. The number of rotatable bonds is 4. The molecule has 10 aromatic rings. The second kappa shape index (κ2) is 12.8. The molecule has 1 aliphatic rings. The third-order valence-corrected chi connectivity index (χ3v) is 16.9. The molecule has 2 aromatic heterocycles. The van der Waals surface area contributed by atoms with Crippen LogP contribution in [0.2, 0.25) is 0 Å². The van der Waals surface area contributed by atoms with E-state index in [0.717, 1.165) is 55.0 Å². The molecule has 0 amide bonds. The lowest BCUT2D eigenvalue weighted by atomic mass is 10.1. The van der Waals surface area contributed by atoms with Gasteiger partial charge < -0.3 is 9.13 Å². The van der Waals surface area contributed by atoms with Gasteiger partial charge in [0.15, 0.2) is 19.4 Å². The van der Waals surface area contributed by atoms with E-state index in [-0.39, 0.29) is 0 Å². The maximum absolute atomic E-state index is 9.85. The monoisotopic (exact) mass is 764 g/mol. The van der Waals surface area contributed by atoms with E-state index in [9.17, 15) is 10.5 Å². The van der Waals surface area contributed by atoms with Crippen LogP contribution in [0, 0.1) is 35.8 Å². The zero-order chi connectivity index (χ0) is 39.8. The summed E-state index contributed by atoms with van der Waals surface area (Å²) in [6.07, 6.45) is 0. The van der Waals surface area contributed by atoms with Gasteiger partial charge in [-0.05, 0) is 128 Å². The van der Waals surface area contributed by atoms with Crippen LogP contribution in [0.25, 0.3) is 75.8 Å². The van der Waals surface area contributed by atoms with Crippen LogP contribution in [0.1, 0.15) is 11.1 Å². The fourth-order valence-electron chi connectivity index (χ4n) is 9.64. The summed E-state index contributed by atoms with van der Waals surface area (Å²) < 4.78 is 4.53. The van der Waals surface area contributed by atoms with Crippen LogP contribution in [0.4, 0.5) is 11.4 Å². The van der Waals surface area contributed by atoms with Crippen molar-refractivity contribution in [3.63, 3.8) is 0 Å². The van der Waals surface area contributed by atoms with Gasteiger partial charge in [0.2, 0.25) is 0 Å². The Labute approximate surface area is 340 Å². The van der Waals surface area contributed by atoms with Gasteiger partial charge in [-0.15, -0.1) is 0 Å². The van der Waals surface area contributed by atoms with Crippen molar-refractivity contribution in [2.24, 2.45) is 0 Å². The lowest BCUT2D eigenvalue weighted by molar-refractivity contribution is 1.18. The molecule has 0 N–H and O–H groups in total. The van der Waals surface area contributed by atoms with Gasteiger partial charge in [-0.1, -0.05) is 84.9 Å². The summed E-state index contributed by atoms with van der Waals surface area (Å²) in [6.45, 7) is 15.5. The van der Waals surface area contributed by atoms with E-state index in [4.69, 9.17) is 13.1 Å². The average Bonchev–Trinajstić information content (AvgIpc) is 3.92. The Bertz CT molecular complexity index is 3250. The van der Waals surface area contributed by atoms with Gasteiger partial charge in [0.05, 0.1) is 58.5 Å². The molecule has 0 spiro atoms. The summed E-state index contributed by atoms with van der Waals surface area (Å²) in [6, 6.07) is 63.4. The van der Waals surface area contributed by atoms with Gasteiger partial charge in [0, 0.05) is 22.1 Å². The van der Waals surface area contributed by atoms with E-state index in [1.807, 2.05) is 72.8 Å². The van der Waals surface area contributed by atoms with Crippen molar-refractivity contribution in [3.05, 3.63) is 204 Å². The van der Waals surface area contributed by atoms with Crippen LogP contribution in [0.5, 0.6) is 0 Å². The SMILES string of the molecule is [C-]#[N+]c1ccc2c(c1)c1cc([N+]#[C-])ccc1n2-c1cccc([Si]2(c3cccc(-n4c5ccc(C#N)cc5c5cc(C#N)ccc54)c3)c3ccccc3-c3ccccc32)c1. The summed E-state index contributed by atoms with van der Waals surface area (Å²) in [5, 5.41) is 28.5. The summed E-state index contributed by atoms with van der Waals surface area (Å²) >= 11 is 0. The van der Waals surface area contributed by atoms with Crippen LogP contribution in [-0.4, -0.2) is 17.2 Å². The smallest absolute Gasteiger partial charge is 0.188 e. The maximum Gasteiger partial charge on any atom is 0.188 e. The molecule has 270 valence electrons. The number of hydrogen-bond acceptors (Lipinski definition) is 2. The van der Waals surface area contributed by atoms with E-state index in [0.29, 0.717) is 22.5 Å². The van der Waals surface area contributed by atoms with Crippen molar-refractivity contribution in [2.45, 2.75) is 0 Å². The molecule has 0 unspecified atom stereocenters. The van der Waals surface area contributed by atoms with Crippen LogP contribution in [0.15, 0.2) is 170 Å². The zero-order valence-corrected chi connectivity index (χ0v) is 32.3. The molecule has 0 bridgehead atoms. The molecule has 7 heteroatoms. The van der Waals surface area contributed by atoms with Crippen LogP contribution >= 0.6 is 0 Å². The molecule has 0 fully saturated rings. The molecule has 3 heterocycles. The molecule has 0 aliphatic carbocycles. The minimum atomic E-state index is -3.03. The fraction of sp³-hybridized carbons (Fsp3) is 0. The summed E-state index contributed by atoms with van der Waals surface area (Å²) in [5.41, 5.74) is 10.6. The van der Waals surface area contributed by atoms with Gasteiger partial charge in [0.1, 0.15) is 0 Å². The molecule has 11 rings (SSSR count). The Kier molecular flexibility index (Phi) is 7.33. The third kappa shape index (κ3) is 4.75. The van der Waals surface area contributed by atoms with Gasteiger partial charge in [-0.2, -0.15) is 10.5 Å². The van der Waals surface area contributed by atoms with Gasteiger partial charge in [-0.25, -0.2) is 9.69 Å². The largest absolute Gasteiger partial charge is 0.309 e. The molecule has 8 aromatic carbocycles. The van der Waals surface area contributed by atoms with Crippen molar-refractivity contribution < 1.29 is 0 Å². The number of aromatic nitrogens is 2. The van der Waals surface area contributed by atoms with Crippen molar-refractivity contribution in [1.82, 2.24) is 9.13 Å². The minimum Gasteiger partial charge on any atom is -0.309 e. The lowest BCUT2D eigenvalue weighted by Gasteiger charge is -2.32. The third-order valence-electron chi connectivity index (χ3n) is 12.0. The number of hydrogen-bond donors (Lipinski definition) is 0. The highest BCUT2D eigenvalue weighted by Gasteiger charge is 2.48. The predicted molar refractivity (Wildman–Crippen MR) is 240 cm³/mol. The minimum absolute atomic E-state index is 0.559. The Balaban J connectivity index is 1.21. The van der Waals surface area contributed by atoms with E-state index in [2.05, 4.69) is 128 Å². The molecule has 0 atom stereocenters.